The molecule has 0 atom stereocenters. The Bertz CT molecular complexity index is 315. The summed E-state index contributed by atoms with van der Waals surface area (Å²) in [6, 6.07) is 0. The Balaban J connectivity index is 1.91. The van der Waals surface area contributed by atoms with Gasteiger partial charge < -0.3 is 5.32 Å². The molecular formula is C12H24N2O2S. The van der Waals surface area contributed by atoms with Crippen LogP contribution in [0.3, 0.4) is 0 Å². The molecule has 17 heavy (non-hydrogen) atoms. The molecule has 0 unspecified atom stereocenters. The number of sulfonamides is 1. The molecule has 5 heteroatoms. The maximum absolute atomic E-state index is 12.3. The summed E-state index contributed by atoms with van der Waals surface area (Å²) in [6.07, 6.45) is 6.84. The first-order chi connectivity index (χ1) is 8.18. The van der Waals surface area contributed by atoms with Gasteiger partial charge in [0, 0.05) is 19.6 Å². The van der Waals surface area contributed by atoms with Crippen molar-refractivity contribution in [3.05, 3.63) is 0 Å². The van der Waals surface area contributed by atoms with Crippen LogP contribution in [0.4, 0.5) is 0 Å². The van der Waals surface area contributed by atoms with Crippen molar-refractivity contribution >= 4 is 10.0 Å². The molecule has 0 spiro atoms. The topological polar surface area (TPSA) is 49.4 Å². The Labute approximate surface area is 105 Å². The first-order valence-corrected chi connectivity index (χ1v) is 8.48. The molecule has 2 aliphatic rings. The minimum Gasteiger partial charge on any atom is -0.315 e. The van der Waals surface area contributed by atoms with Crippen LogP contribution < -0.4 is 5.32 Å². The molecule has 1 saturated heterocycles. The maximum Gasteiger partial charge on any atom is 0.214 e. The molecule has 2 rings (SSSR count). The highest BCUT2D eigenvalue weighted by atomic mass is 32.2. The summed E-state index contributed by atoms with van der Waals surface area (Å²) in [5.74, 6) is 0.789. The lowest BCUT2D eigenvalue weighted by molar-refractivity contribution is 0.369. The van der Waals surface area contributed by atoms with Crippen molar-refractivity contribution < 1.29 is 8.42 Å². The van der Waals surface area contributed by atoms with Gasteiger partial charge in [0.05, 0.1) is 5.75 Å². The van der Waals surface area contributed by atoms with Crippen molar-refractivity contribution in [3.8, 4) is 0 Å². The van der Waals surface area contributed by atoms with E-state index in [1.165, 1.54) is 19.3 Å². The van der Waals surface area contributed by atoms with Crippen LogP contribution in [0.15, 0.2) is 0 Å². The van der Waals surface area contributed by atoms with Crippen molar-refractivity contribution in [1.29, 1.82) is 0 Å². The third-order valence-electron chi connectivity index (χ3n) is 3.86. The number of nitrogens with one attached hydrogen (secondary N) is 1. The molecule has 1 N–H and O–H groups in total. The molecule has 1 saturated carbocycles. The predicted molar refractivity (Wildman–Crippen MR) is 69.4 cm³/mol. The summed E-state index contributed by atoms with van der Waals surface area (Å²) in [4.78, 5) is 0. The van der Waals surface area contributed by atoms with Crippen LogP contribution in [-0.2, 0) is 10.0 Å². The number of hydrogen-bond donors (Lipinski definition) is 1. The van der Waals surface area contributed by atoms with Crippen LogP contribution >= 0.6 is 0 Å². The van der Waals surface area contributed by atoms with Gasteiger partial charge in [-0.05, 0) is 31.7 Å². The first kappa shape index (κ1) is 13.3. The molecule has 0 aromatic rings. The van der Waals surface area contributed by atoms with E-state index >= 15 is 0 Å². The van der Waals surface area contributed by atoms with Gasteiger partial charge in [-0.2, -0.15) is 0 Å². The average Bonchev–Trinajstić information content (AvgIpc) is 2.58. The summed E-state index contributed by atoms with van der Waals surface area (Å²) in [5, 5.41) is 3.25. The highest BCUT2D eigenvalue weighted by molar-refractivity contribution is 7.89. The zero-order valence-corrected chi connectivity index (χ0v) is 11.3. The van der Waals surface area contributed by atoms with E-state index < -0.39 is 10.0 Å². The van der Waals surface area contributed by atoms with Crippen molar-refractivity contribution in [3.63, 3.8) is 0 Å². The molecule has 1 aliphatic heterocycles. The van der Waals surface area contributed by atoms with Crippen LogP contribution in [0, 0.1) is 5.92 Å². The Kier molecular flexibility index (Phi) is 4.82. The average molecular weight is 260 g/mol. The van der Waals surface area contributed by atoms with Gasteiger partial charge in [0.1, 0.15) is 0 Å². The molecule has 1 heterocycles. The zero-order valence-electron chi connectivity index (χ0n) is 10.5. The molecule has 0 aromatic heterocycles. The maximum atomic E-state index is 12.3. The van der Waals surface area contributed by atoms with Gasteiger partial charge in [-0.15, -0.1) is 0 Å². The van der Waals surface area contributed by atoms with Gasteiger partial charge in [-0.1, -0.05) is 19.3 Å². The predicted octanol–water partition coefficient (Wildman–Crippen LogP) is 1.19. The Morgan fingerprint density at radius 1 is 1.00 bits per heavy atom. The van der Waals surface area contributed by atoms with E-state index in [0.717, 1.165) is 32.4 Å². The monoisotopic (exact) mass is 260 g/mol. The van der Waals surface area contributed by atoms with E-state index in [1.54, 1.807) is 4.31 Å². The SMILES string of the molecule is O=S(=O)(CC1CCCCC1)N1CCCNCC1. The van der Waals surface area contributed by atoms with Gasteiger partial charge in [0.25, 0.3) is 0 Å². The minimum atomic E-state index is -3.01. The van der Waals surface area contributed by atoms with Crippen LogP contribution in [0.1, 0.15) is 38.5 Å². The summed E-state index contributed by atoms with van der Waals surface area (Å²) in [6.45, 7) is 3.08. The second kappa shape index (κ2) is 6.16. The van der Waals surface area contributed by atoms with Crippen molar-refractivity contribution in [1.82, 2.24) is 9.62 Å². The molecule has 0 aromatic carbocycles. The fraction of sp³-hybridized carbons (Fsp3) is 1.00. The second-order valence-electron chi connectivity index (χ2n) is 5.29. The zero-order chi connectivity index (χ0) is 12.1. The summed E-state index contributed by atoms with van der Waals surface area (Å²) in [5.41, 5.74) is 0. The Morgan fingerprint density at radius 3 is 2.53 bits per heavy atom. The van der Waals surface area contributed by atoms with E-state index in [4.69, 9.17) is 0 Å². The third kappa shape index (κ3) is 3.93. The molecule has 1 aliphatic carbocycles. The molecule has 0 amide bonds. The van der Waals surface area contributed by atoms with Gasteiger partial charge >= 0.3 is 0 Å². The lowest BCUT2D eigenvalue weighted by Crippen LogP contribution is -2.38. The summed E-state index contributed by atoms with van der Waals surface area (Å²) >= 11 is 0. The van der Waals surface area contributed by atoms with Crippen molar-refractivity contribution in [2.45, 2.75) is 38.5 Å². The largest absolute Gasteiger partial charge is 0.315 e. The number of hydrogen-bond acceptors (Lipinski definition) is 3. The molecular weight excluding hydrogens is 236 g/mol. The standard InChI is InChI=1S/C12H24N2O2S/c15-17(16,11-12-5-2-1-3-6-12)14-9-4-7-13-8-10-14/h12-13H,1-11H2. The summed E-state index contributed by atoms with van der Waals surface area (Å²) in [7, 11) is -3.01. The van der Waals surface area contributed by atoms with Crippen LogP contribution in [0.25, 0.3) is 0 Å². The van der Waals surface area contributed by atoms with E-state index in [1.807, 2.05) is 0 Å². The molecule has 4 nitrogen and oxygen atoms in total. The van der Waals surface area contributed by atoms with Gasteiger partial charge in [-0.3, -0.25) is 0 Å². The normalized spacial score (nSPS) is 25.6. The van der Waals surface area contributed by atoms with Crippen molar-refractivity contribution in [2.75, 3.05) is 31.9 Å². The lowest BCUT2D eigenvalue weighted by Gasteiger charge is -2.25. The van der Waals surface area contributed by atoms with Gasteiger partial charge in [-0.25, -0.2) is 12.7 Å². The number of nitrogens with zero attached hydrogens (tertiary/aromatic N) is 1. The Morgan fingerprint density at radius 2 is 1.76 bits per heavy atom. The first-order valence-electron chi connectivity index (χ1n) is 6.87. The fourth-order valence-electron chi connectivity index (χ4n) is 2.86. The van der Waals surface area contributed by atoms with Gasteiger partial charge in [0.2, 0.25) is 10.0 Å². The van der Waals surface area contributed by atoms with Gasteiger partial charge in [0.15, 0.2) is 0 Å². The van der Waals surface area contributed by atoms with Crippen LogP contribution in [0.2, 0.25) is 0 Å². The van der Waals surface area contributed by atoms with E-state index in [-0.39, 0.29) is 0 Å². The summed E-state index contributed by atoms with van der Waals surface area (Å²) < 4.78 is 26.3. The van der Waals surface area contributed by atoms with Crippen LogP contribution in [-0.4, -0.2) is 44.7 Å². The molecule has 2 fully saturated rings. The molecule has 0 bridgehead atoms. The smallest absolute Gasteiger partial charge is 0.214 e. The van der Waals surface area contributed by atoms with E-state index in [9.17, 15) is 8.42 Å². The number of rotatable bonds is 3. The van der Waals surface area contributed by atoms with E-state index in [2.05, 4.69) is 5.32 Å². The van der Waals surface area contributed by atoms with Crippen LogP contribution in [0.5, 0.6) is 0 Å². The highest BCUT2D eigenvalue weighted by Gasteiger charge is 2.27. The minimum absolute atomic E-state index is 0.382. The molecule has 100 valence electrons. The molecule has 0 radical (unpaired) electrons. The lowest BCUT2D eigenvalue weighted by atomic mass is 9.91. The van der Waals surface area contributed by atoms with Crippen molar-refractivity contribution in [2.24, 2.45) is 5.92 Å². The highest BCUT2D eigenvalue weighted by Crippen LogP contribution is 2.25. The van der Waals surface area contributed by atoms with E-state index in [0.29, 0.717) is 24.8 Å². The fourth-order valence-corrected chi connectivity index (χ4v) is 4.77. The third-order valence-corrected chi connectivity index (χ3v) is 5.91. The Hall–Kier alpha value is -0.130. The second-order valence-corrected chi connectivity index (χ2v) is 7.30. The quantitative estimate of drug-likeness (QED) is 0.829.